The number of piperidine rings is 1. The highest BCUT2D eigenvalue weighted by molar-refractivity contribution is 7.98. The lowest BCUT2D eigenvalue weighted by atomic mass is 9.80. The molecule has 1 atom stereocenters. The van der Waals surface area contributed by atoms with Crippen LogP contribution < -0.4 is 20.1 Å². The summed E-state index contributed by atoms with van der Waals surface area (Å²) < 4.78 is 10.6. The van der Waals surface area contributed by atoms with Crippen LogP contribution in [0.2, 0.25) is 0 Å². The summed E-state index contributed by atoms with van der Waals surface area (Å²) in [5.41, 5.74) is 2.50. The Kier molecular flexibility index (Phi) is 7.67. The normalized spacial score (nSPS) is 17.7. The van der Waals surface area contributed by atoms with E-state index in [0.29, 0.717) is 36.6 Å². The van der Waals surface area contributed by atoms with Crippen LogP contribution in [0.1, 0.15) is 41.0 Å². The number of H-pyrrole nitrogens is 1. The number of rotatable bonds is 8. The minimum absolute atomic E-state index is 0.0369. The van der Waals surface area contributed by atoms with Crippen molar-refractivity contribution in [1.82, 2.24) is 25.5 Å². The zero-order valence-corrected chi connectivity index (χ0v) is 20.8. The van der Waals surface area contributed by atoms with E-state index in [4.69, 9.17) is 9.47 Å². The standard InChI is InChI=1S/C24H33N5O4S/c1-32-17-12-16(13-18(14-17)33-2)22(30)28-20(5-11-34-3)23(31)29-9-6-24(7-10-29)21-19(4-8-27-24)25-15-26-21/h12-15,20,27H,4-11H2,1-3H3,(H,25,26)(H,28,30). The van der Waals surface area contributed by atoms with Crippen molar-refractivity contribution in [1.29, 1.82) is 0 Å². The molecular weight excluding hydrogens is 454 g/mol. The highest BCUT2D eigenvalue weighted by Crippen LogP contribution is 2.36. The van der Waals surface area contributed by atoms with Gasteiger partial charge in [0.2, 0.25) is 5.91 Å². The van der Waals surface area contributed by atoms with Crippen LogP contribution in [-0.4, -0.2) is 78.6 Å². The third kappa shape index (κ3) is 5.02. The molecule has 0 radical (unpaired) electrons. The lowest BCUT2D eigenvalue weighted by Crippen LogP contribution is -2.57. The molecule has 0 aliphatic carbocycles. The number of fused-ring (bicyclic) bond motifs is 2. The molecule has 1 aromatic carbocycles. The smallest absolute Gasteiger partial charge is 0.252 e. The molecule has 10 heteroatoms. The first-order valence-electron chi connectivity index (χ1n) is 11.6. The van der Waals surface area contributed by atoms with Gasteiger partial charge in [0.05, 0.1) is 31.8 Å². The van der Waals surface area contributed by atoms with Crippen molar-refractivity contribution in [3.05, 3.63) is 41.5 Å². The quantitative estimate of drug-likeness (QED) is 0.522. The van der Waals surface area contributed by atoms with Crippen molar-refractivity contribution < 1.29 is 19.1 Å². The van der Waals surface area contributed by atoms with Crippen molar-refractivity contribution in [3.63, 3.8) is 0 Å². The Morgan fingerprint density at radius 3 is 2.56 bits per heavy atom. The van der Waals surface area contributed by atoms with Crippen LogP contribution >= 0.6 is 11.8 Å². The molecule has 3 heterocycles. The van der Waals surface area contributed by atoms with E-state index in [-0.39, 0.29) is 17.4 Å². The van der Waals surface area contributed by atoms with Gasteiger partial charge in [-0.05, 0) is 43.4 Å². The topological polar surface area (TPSA) is 109 Å². The number of aromatic nitrogens is 2. The number of carbonyl (C=O) groups excluding carboxylic acids is 2. The van der Waals surface area contributed by atoms with Gasteiger partial charge < -0.3 is 30.0 Å². The minimum Gasteiger partial charge on any atom is -0.497 e. The van der Waals surface area contributed by atoms with Gasteiger partial charge in [0.15, 0.2) is 0 Å². The first kappa shape index (κ1) is 24.4. The number of likely N-dealkylation sites (tertiary alicyclic amines) is 1. The van der Waals surface area contributed by atoms with Crippen LogP contribution in [0.3, 0.4) is 0 Å². The fourth-order valence-electron chi connectivity index (χ4n) is 4.85. The van der Waals surface area contributed by atoms with Gasteiger partial charge >= 0.3 is 0 Å². The SMILES string of the molecule is COc1cc(OC)cc(C(=O)NC(CCSC)C(=O)N2CCC3(CC2)NCCc2[nH]cnc23)c1. The van der Waals surface area contributed by atoms with Crippen molar-refractivity contribution in [2.75, 3.05) is 45.9 Å². The predicted octanol–water partition coefficient (Wildman–Crippen LogP) is 1.94. The maximum atomic E-state index is 13.5. The van der Waals surface area contributed by atoms with Crippen molar-refractivity contribution in [2.45, 2.75) is 37.3 Å². The van der Waals surface area contributed by atoms with Gasteiger partial charge in [-0.1, -0.05) is 0 Å². The van der Waals surface area contributed by atoms with Crippen LogP contribution in [0.5, 0.6) is 11.5 Å². The number of hydrogen-bond donors (Lipinski definition) is 3. The summed E-state index contributed by atoms with van der Waals surface area (Å²) in [5, 5.41) is 6.62. The van der Waals surface area contributed by atoms with Crippen LogP contribution in [0.15, 0.2) is 24.5 Å². The predicted molar refractivity (Wildman–Crippen MR) is 132 cm³/mol. The number of ether oxygens (including phenoxy) is 2. The summed E-state index contributed by atoms with van der Waals surface area (Å²) in [6.07, 6.45) is 6.86. The lowest BCUT2D eigenvalue weighted by Gasteiger charge is -2.44. The number of carbonyl (C=O) groups is 2. The Labute approximate surface area is 204 Å². The molecular formula is C24H33N5O4S. The van der Waals surface area contributed by atoms with Crippen LogP contribution in [0.4, 0.5) is 0 Å². The molecule has 4 rings (SSSR count). The fourth-order valence-corrected chi connectivity index (χ4v) is 5.32. The largest absolute Gasteiger partial charge is 0.497 e. The molecule has 1 spiro atoms. The van der Waals surface area contributed by atoms with Gasteiger partial charge in [0.1, 0.15) is 17.5 Å². The molecule has 1 unspecified atom stereocenters. The minimum atomic E-state index is -0.591. The van der Waals surface area contributed by atoms with E-state index in [2.05, 4.69) is 20.6 Å². The Balaban J connectivity index is 1.45. The van der Waals surface area contributed by atoms with E-state index in [1.807, 2.05) is 11.2 Å². The summed E-state index contributed by atoms with van der Waals surface area (Å²) in [6.45, 7) is 2.15. The molecule has 3 N–H and O–H groups in total. The molecule has 1 saturated heterocycles. The van der Waals surface area contributed by atoms with E-state index in [0.717, 1.165) is 37.3 Å². The van der Waals surface area contributed by atoms with Gasteiger partial charge in [-0.2, -0.15) is 11.8 Å². The molecule has 0 bridgehead atoms. The van der Waals surface area contributed by atoms with Crippen LogP contribution in [0, 0.1) is 0 Å². The number of nitrogens with zero attached hydrogens (tertiary/aromatic N) is 2. The molecule has 34 heavy (non-hydrogen) atoms. The highest BCUT2D eigenvalue weighted by atomic mass is 32.2. The molecule has 9 nitrogen and oxygen atoms in total. The van der Waals surface area contributed by atoms with Crippen molar-refractivity contribution in [3.8, 4) is 11.5 Å². The molecule has 2 aliphatic rings. The van der Waals surface area contributed by atoms with E-state index in [1.165, 1.54) is 19.9 Å². The van der Waals surface area contributed by atoms with Gasteiger partial charge in [0.25, 0.3) is 5.91 Å². The number of hydrogen-bond acceptors (Lipinski definition) is 7. The third-order valence-corrected chi connectivity index (χ3v) is 7.41. The van der Waals surface area contributed by atoms with E-state index < -0.39 is 6.04 Å². The first-order chi connectivity index (χ1) is 16.5. The molecule has 2 aliphatic heterocycles. The summed E-state index contributed by atoms with van der Waals surface area (Å²) >= 11 is 1.66. The molecule has 0 saturated carbocycles. The molecule has 2 aromatic rings. The summed E-state index contributed by atoms with van der Waals surface area (Å²) in [6, 6.07) is 4.41. The fraction of sp³-hybridized carbons (Fsp3) is 0.542. The first-order valence-corrected chi connectivity index (χ1v) is 13.0. The van der Waals surface area contributed by atoms with Gasteiger partial charge in [-0.25, -0.2) is 4.98 Å². The number of nitrogens with one attached hydrogen (secondary N) is 3. The maximum Gasteiger partial charge on any atom is 0.252 e. The van der Waals surface area contributed by atoms with Crippen molar-refractivity contribution in [2.24, 2.45) is 0 Å². The van der Waals surface area contributed by atoms with Gasteiger partial charge in [0, 0.05) is 43.4 Å². The van der Waals surface area contributed by atoms with E-state index >= 15 is 0 Å². The Morgan fingerprint density at radius 2 is 1.91 bits per heavy atom. The molecule has 2 amide bonds. The second-order valence-corrected chi connectivity index (χ2v) is 9.71. The number of imidazole rings is 1. The Bertz CT molecular complexity index is 996. The zero-order chi connectivity index (χ0) is 24.1. The zero-order valence-electron chi connectivity index (χ0n) is 20.0. The molecule has 1 fully saturated rings. The number of thioether (sulfide) groups is 1. The number of benzene rings is 1. The molecule has 184 valence electrons. The maximum absolute atomic E-state index is 13.5. The van der Waals surface area contributed by atoms with E-state index in [9.17, 15) is 9.59 Å². The van der Waals surface area contributed by atoms with E-state index in [1.54, 1.807) is 36.3 Å². The monoisotopic (exact) mass is 487 g/mol. The highest BCUT2D eigenvalue weighted by Gasteiger charge is 2.42. The second kappa shape index (κ2) is 10.7. The summed E-state index contributed by atoms with van der Waals surface area (Å²) in [4.78, 5) is 36.3. The summed E-state index contributed by atoms with van der Waals surface area (Å²) in [5.74, 6) is 1.46. The average molecular weight is 488 g/mol. The third-order valence-electron chi connectivity index (χ3n) is 6.77. The summed E-state index contributed by atoms with van der Waals surface area (Å²) in [7, 11) is 3.08. The number of aromatic amines is 1. The van der Waals surface area contributed by atoms with Gasteiger partial charge in [-0.15, -0.1) is 0 Å². The Hall–Kier alpha value is -2.72. The molecule has 1 aromatic heterocycles. The van der Waals surface area contributed by atoms with Crippen LogP contribution in [0.25, 0.3) is 0 Å². The number of amides is 2. The second-order valence-electron chi connectivity index (χ2n) is 8.72. The van der Waals surface area contributed by atoms with Crippen molar-refractivity contribution >= 4 is 23.6 Å². The Morgan fingerprint density at radius 1 is 1.21 bits per heavy atom. The number of methoxy groups -OCH3 is 2. The lowest BCUT2D eigenvalue weighted by molar-refractivity contribution is -0.135. The average Bonchev–Trinajstić information content (AvgIpc) is 3.37. The van der Waals surface area contributed by atoms with Crippen LogP contribution in [-0.2, 0) is 16.8 Å². The van der Waals surface area contributed by atoms with Gasteiger partial charge in [-0.3, -0.25) is 9.59 Å².